The zero-order valence-electron chi connectivity index (χ0n) is 9.55. The molecule has 1 aliphatic carbocycles. The van der Waals surface area contributed by atoms with Gasteiger partial charge in [-0.2, -0.15) is 0 Å². The summed E-state index contributed by atoms with van der Waals surface area (Å²) in [5.41, 5.74) is 1.66. The van der Waals surface area contributed by atoms with E-state index in [-0.39, 0.29) is 5.41 Å². The van der Waals surface area contributed by atoms with E-state index in [2.05, 4.69) is 44.7 Å². The van der Waals surface area contributed by atoms with E-state index in [4.69, 9.17) is 0 Å². The highest BCUT2D eigenvalue weighted by Gasteiger charge is 2.19. The van der Waals surface area contributed by atoms with Crippen LogP contribution in [0.1, 0.15) is 46.0 Å². The largest absolute Gasteiger partial charge is 0.0993 e. The lowest BCUT2D eigenvalue weighted by Gasteiger charge is -2.25. The van der Waals surface area contributed by atoms with E-state index in [1.54, 1.807) is 0 Å². The molecule has 0 heterocycles. The molecule has 14 heavy (non-hydrogen) atoms. The molecule has 0 heteroatoms. The van der Waals surface area contributed by atoms with Gasteiger partial charge in [0.1, 0.15) is 0 Å². The van der Waals surface area contributed by atoms with Crippen LogP contribution in [0.5, 0.6) is 0 Å². The van der Waals surface area contributed by atoms with Crippen LogP contribution >= 0.6 is 0 Å². The van der Waals surface area contributed by atoms with Gasteiger partial charge < -0.3 is 0 Å². The Morgan fingerprint density at radius 3 is 2.29 bits per heavy atom. The maximum Gasteiger partial charge on any atom is -0.0113 e. The Hall–Kier alpha value is -0.780. The van der Waals surface area contributed by atoms with Crippen LogP contribution in [-0.2, 0) is 0 Å². The average molecular weight is 190 g/mol. The van der Waals surface area contributed by atoms with Crippen molar-refractivity contribution in [3.8, 4) is 0 Å². The molecule has 0 amide bonds. The van der Waals surface area contributed by atoms with Crippen LogP contribution in [0, 0.1) is 5.41 Å². The van der Waals surface area contributed by atoms with Crippen molar-refractivity contribution in [3.63, 3.8) is 0 Å². The first-order valence-corrected chi connectivity index (χ1v) is 5.61. The first-order chi connectivity index (χ1) is 6.63. The number of rotatable bonds is 0. The van der Waals surface area contributed by atoms with Gasteiger partial charge in [0.25, 0.3) is 0 Å². The highest BCUT2D eigenvalue weighted by Crippen LogP contribution is 2.32. The molecule has 0 saturated carbocycles. The lowest BCUT2D eigenvalue weighted by Crippen LogP contribution is -2.12. The molecule has 0 fully saturated rings. The van der Waals surface area contributed by atoms with Crippen LogP contribution < -0.4 is 0 Å². The van der Waals surface area contributed by atoms with Crippen LogP contribution in [0.15, 0.2) is 36.5 Å². The smallest absolute Gasteiger partial charge is 0.0113 e. The molecule has 0 radical (unpaired) electrons. The average Bonchev–Trinajstić information content (AvgIpc) is 2.16. The second-order valence-corrected chi connectivity index (χ2v) is 4.75. The fraction of sp³-hybridized carbons (Fsp3) is 0.571. The van der Waals surface area contributed by atoms with Crippen molar-refractivity contribution < 1.29 is 0 Å². The molecule has 0 bridgehead atoms. The Labute approximate surface area is 88.4 Å². The summed E-state index contributed by atoms with van der Waals surface area (Å²) < 4.78 is 0. The lowest BCUT2D eigenvalue weighted by atomic mass is 9.80. The van der Waals surface area contributed by atoms with Gasteiger partial charge in [-0.1, -0.05) is 50.3 Å². The SMILES string of the molecule is C=C1CC/C=C\CC/C=C\CC1(C)C. The molecule has 0 aromatic rings. The van der Waals surface area contributed by atoms with Crippen LogP contribution in [0.3, 0.4) is 0 Å². The number of hydrogen-bond acceptors (Lipinski definition) is 0. The predicted octanol–water partition coefficient (Wildman–Crippen LogP) is 4.65. The quantitative estimate of drug-likeness (QED) is 0.488. The van der Waals surface area contributed by atoms with Gasteiger partial charge in [0.05, 0.1) is 0 Å². The molecule has 0 N–H and O–H groups in total. The van der Waals surface area contributed by atoms with Gasteiger partial charge in [0.2, 0.25) is 0 Å². The maximum absolute atomic E-state index is 4.20. The van der Waals surface area contributed by atoms with E-state index < -0.39 is 0 Å². The summed E-state index contributed by atoms with van der Waals surface area (Å²) in [7, 11) is 0. The minimum absolute atomic E-state index is 0.272. The number of allylic oxidation sites excluding steroid dienone is 5. The molecule has 0 saturated heterocycles. The summed E-state index contributed by atoms with van der Waals surface area (Å²) in [6.45, 7) is 8.79. The van der Waals surface area contributed by atoms with Crippen LogP contribution in [0.25, 0.3) is 0 Å². The summed E-state index contributed by atoms with van der Waals surface area (Å²) >= 11 is 0. The van der Waals surface area contributed by atoms with E-state index in [1.807, 2.05) is 0 Å². The topological polar surface area (TPSA) is 0 Å². The molecular weight excluding hydrogens is 168 g/mol. The number of hydrogen-bond donors (Lipinski definition) is 0. The standard InChI is InChI=1S/C14H22/c1-13-11-9-7-5-4-6-8-10-12-14(13,2)3/h5,7-8,10H,1,4,6,9,11-12H2,2-3H3/b7-5-,10-8-. The summed E-state index contributed by atoms with van der Waals surface area (Å²) in [6.07, 6.45) is 15.0. The molecule has 0 aliphatic heterocycles. The molecule has 1 aliphatic rings. The molecule has 0 spiro atoms. The Balaban J connectivity index is 2.65. The highest BCUT2D eigenvalue weighted by atomic mass is 14.2. The van der Waals surface area contributed by atoms with Crippen molar-refractivity contribution in [1.82, 2.24) is 0 Å². The first kappa shape index (κ1) is 11.3. The second-order valence-electron chi connectivity index (χ2n) is 4.75. The maximum atomic E-state index is 4.20. The van der Waals surface area contributed by atoms with Gasteiger partial charge in [-0.25, -0.2) is 0 Å². The van der Waals surface area contributed by atoms with E-state index >= 15 is 0 Å². The van der Waals surface area contributed by atoms with Gasteiger partial charge in [-0.15, -0.1) is 0 Å². The first-order valence-electron chi connectivity index (χ1n) is 5.61. The third-order valence-corrected chi connectivity index (χ3v) is 3.03. The fourth-order valence-corrected chi connectivity index (χ4v) is 1.66. The summed E-state index contributed by atoms with van der Waals surface area (Å²) in [5.74, 6) is 0. The zero-order valence-corrected chi connectivity index (χ0v) is 9.55. The van der Waals surface area contributed by atoms with Crippen LogP contribution in [0.2, 0.25) is 0 Å². The molecule has 0 aromatic heterocycles. The Kier molecular flexibility index (Phi) is 4.19. The van der Waals surface area contributed by atoms with Crippen LogP contribution in [-0.4, -0.2) is 0 Å². The third-order valence-electron chi connectivity index (χ3n) is 3.03. The summed E-state index contributed by atoms with van der Waals surface area (Å²) in [6, 6.07) is 0. The highest BCUT2D eigenvalue weighted by molar-refractivity contribution is 5.11. The Morgan fingerprint density at radius 1 is 1.00 bits per heavy atom. The molecule has 0 nitrogen and oxygen atoms in total. The molecule has 0 unspecified atom stereocenters. The van der Waals surface area contributed by atoms with Gasteiger partial charge in [-0.05, 0) is 37.5 Å². The normalized spacial score (nSPS) is 27.7. The van der Waals surface area contributed by atoms with Gasteiger partial charge in [-0.3, -0.25) is 0 Å². The molecular formula is C14H22. The predicted molar refractivity (Wildman–Crippen MR) is 64.3 cm³/mol. The van der Waals surface area contributed by atoms with Crippen molar-refractivity contribution in [1.29, 1.82) is 0 Å². The van der Waals surface area contributed by atoms with Crippen molar-refractivity contribution >= 4 is 0 Å². The van der Waals surface area contributed by atoms with Crippen molar-refractivity contribution in [2.24, 2.45) is 5.41 Å². The Morgan fingerprint density at radius 2 is 1.57 bits per heavy atom. The van der Waals surface area contributed by atoms with E-state index in [0.717, 1.165) is 19.3 Å². The zero-order chi connectivity index (χ0) is 10.4. The minimum Gasteiger partial charge on any atom is -0.0993 e. The molecule has 0 aromatic carbocycles. The van der Waals surface area contributed by atoms with Crippen molar-refractivity contribution in [2.45, 2.75) is 46.0 Å². The molecule has 1 rings (SSSR count). The minimum atomic E-state index is 0.272. The van der Waals surface area contributed by atoms with E-state index in [9.17, 15) is 0 Å². The van der Waals surface area contributed by atoms with Crippen molar-refractivity contribution in [2.75, 3.05) is 0 Å². The van der Waals surface area contributed by atoms with Gasteiger partial charge in [0.15, 0.2) is 0 Å². The summed E-state index contributed by atoms with van der Waals surface area (Å²) in [5, 5.41) is 0. The summed E-state index contributed by atoms with van der Waals surface area (Å²) in [4.78, 5) is 0. The monoisotopic (exact) mass is 190 g/mol. The lowest BCUT2D eigenvalue weighted by molar-refractivity contribution is 0.438. The van der Waals surface area contributed by atoms with Gasteiger partial charge in [0, 0.05) is 0 Å². The second kappa shape index (κ2) is 5.19. The van der Waals surface area contributed by atoms with E-state index in [0.29, 0.717) is 0 Å². The van der Waals surface area contributed by atoms with Gasteiger partial charge >= 0.3 is 0 Å². The van der Waals surface area contributed by atoms with E-state index in [1.165, 1.54) is 18.4 Å². The third kappa shape index (κ3) is 3.53. The fourth-order valence-electron chi connectivity index (χ4n) is 1.66. The molecule has 0 atom stereocenters. The Bertz CT molecular complexity index is 241. The van der Waals surface area contributed by atoms with Crippen LogP contribution in [0.4, 0.5) is 0 Å². The van der Waals surface area contributed by atoms with Crippen molar-refractivity contribution in [3.05, 3.63) is 36.5 Å². The molecule has 78 valence electrons.